The van der Waals surface area contributed by atoms with Gasteiger partial charge in [0.2, 0.25) is 5.91 Å². The third kappa shape index (κ3) is 3.22. The number of carbonyl (C=O) groups excluding carboxylic acids is 1. The number of carbonyl (C=O) groups is 1. The van der Waals surface area contributed by atoms with Crippen LogP contribution in [-0.2, 0) is 11.2 Å². The van der Waals surface area contributed by atoms with Gasteiger partial charge in [0.15, 0.2) is 0 Å². The van der Waals surface area contributed by atoms with Gasteiger partial charge in [-0.05, 0) is 81.3 Å². The molecule has 1 spiro atoms. The van der Waals surface area contributed by atoms with E-state index in [1.807, 2.05) is 12.1 Å². The minimum absolute atomic E-state index is 0.125. The molecule has 148 valence electrons. The van der Waals surface area contributed by atoms with Crippen LogP contribution in [0.1, 0.15) is 48.7 Å². The van der Waals surface area contributed by atoms with Crippen LogP contribution >= 0.6 is 11.3 Å². The van der Waals surface area contributed by atoms with E-state index in [1.54, 1.807) is 18.4 Å². The summed E-state index contributed by atoms with van der Waals surface area (Å²) in [4.78, 5) is 19.1. The van der Waals surface area contributed by atoms with Gasteiger partial charge in [0.1, 0.15) is 10.8 Å². The monoisotopic (exact) mass is 397 g/mol. The molecule has 1 saturated heterocycles. The standard InChI is InChI=1S/C22H27N3O2S/c1-27-15-7-5-14(6-8-15)21-25-18-4-2-3-17(19(18)28-21)24-20(26)16-13-22(16)9-11-23-12-10-22/h5-8,16-17,23H,2-4,9-13H2,1H3,(H,24,26). The Morgan fingerprint density at radius 1 is 1.29 bits per heavy atom. The number of hydrogen-bond acceptors (Lipinski definition) is 5. The van der Waals surface area contributed by atoms with Crippen molar-refractivity contribution in [1.82, 2.24) is 15.6 Å². The van der Waals surface area contributed by atoms with Crippen LogP contribution in [0.25, 0.3) is 10.6 Å². The Morgan fingerprint density at radius 3 is 2.82 bits per heavy atom. The van der Waals surface area contributed by atoms with Crippen molar-refractivity contribution in [2.24, 2.45) is 11.3 Å². The Morgan fingerprint density at radius 2 is 2.07 bits per heavy atom. The molecule has 28 heavy (non-hydrogen) atoms. The van der Waals surface area contributed by atoms with E-state index < -0.39 is 0 Å². The first-order valence-corrected chi connectivity index (χ1v) is 11.2. The van der Waals surface area contributed by atoms with Crippen LogP contribution in [0.4, 0.5) is 0 Å². The molecule has 3 aliphatic rings. The van der Waals surface area contributed by atoms with Crippen LogP contribution in [0.5, 0.6) is 5.75 Å². The maximum Gasteiger partial charge on any atom is 0.224 e. The second-order valence-electron chi connectivity index (χ2n) is 8.38. The molecular weight excluding hydrogens is 370 g/mol. The second-order valence-corrected chi connectivity index (χ2v) is 9.41. The predicted molar refractivity (Wildman–Crippen MR) is 111 cm³/mol. The predicted octanol–water partition coefficient (Wildman–Crippen LogP) is 3.70. The lowest BCUT2D eigenvalue weighted by molar-refractivity contribution is -0.124. The highest BCUT2D eigenvalue weighted by Gasteiger charge is 2.57. The van der Waals surface area contributed by atoms with Crippen LogP contribution in [0.15, 0.2) is 24.3 Å². The highest BCUT2D eigenvalue weighted by molar-refractivity contribution is 7.15. The Balaban J connectivity index is 1.32. The van der Waals surface area contributed by atoms with Gasteiger partial charge in [-0.1, -0.05) is 0 Å². The van der Waals surface area contributed by atoms with E-state index in [-0.39, 0.29) is 23.3 Å². The molecule has 2 aliphatic carbocycles. The van der Waals surface area contributed by atoms with E-state index in [9.17, 15) is 4.79 Å². The molecule has 1 aromatic heterocycles. The fourth-order valence-corrected chi connectivity index (χ4v) is 6.09. The Hall–Kier alpha value is -1.92. The van der Waals surface area contributed by atoms with E-state index in [1.165, 1.54) is 10.6 Å². The van der Waals surface area contributed by atoms with Crippen molar-refractivity contribution in [2.75, 3.05) is 20.2 Å². The van der Waals surface area contributed by atoms with Crippen molar-refractivity contribution >= 4 is 17.2 Å². The van der Waals surface area contributed by atoms with Crippen molar-refractivity contribution in [1.29, 1.82) is 0 Å². The molecule has 2 fully saturated rings. The first-order valence-electron chi connectivity index (χ1n) is 10.3. The molecule has 6 heteroatoms. The average molecular weight is 398 g/mol. The quantitative estimate of drug-likeness (QED) is 0.826. The van der Waals surface area contributed by atoms with Crippen molar-refractivity contribution in [3.63, 3.8) is 0 Å². The Kier molecular flexibility index (Phi) is 4.63. The number of piperidine rings is 1. The fraction of sp³-hybridized carbons (Fsp3) is 0.545. The molecule has 2 unspecified atom stereocenters. The van der Waals surface area contributed by atoms with Crippen molar-refractivity contribution in [3.8, 4) is 16.3 Å². The first-order chi connectivity index (χ1) is 13.7. The highest BCUT2D eigenvalue weighted by atomic mass is 32.1. The zero-order valence-electron chi connectivity index (χ0n) is 16.3. The first kappa shape index (κ1) is 18.1. The van der Waals surface area contributed by atoms with Gasteiger partial charge in [-0.3, -0.25) is 4.79 Å². The summed E-state index contributed by atoms with van der Waals surface area (Å²) in [6, 6.07) is 8.19. The molecule has 5 rings (SSSR count). The average Bonchev–Trinajstić information content (AvgIpc) is 3.23. The van der Waals surface area contributed by atoms with Crippen molar-refractivity contribution in [2.45, 2.75) is 44.6 Å². The molecule has 2 heterocycles. The number of aromatic nitrogens is 1. The summed E-state index contributed by atoms with van der Waals surface area (Å²) in [6.45, 7) is 2.11. The van der Waals surface area contributed by atoms with E-state index in [0.717, 1.165) is 67.9 Å². The van der Waals surface area contributed by atoms with Gasteiger partial charge in [-0.15, -0.1) is 11.3 Å². The number of nitrogens with one attached hydrogen (secondary N) is 2. The summed E-state index contributed by atoms with van der Waals surface area (Å²) < 4.78 is 5.25. The smallest absolute Gasteiger partial charge is 0.224 e. The largest absolute Gasteiger partial charge is 0.497 e. The maximum absolute atomic E-state index is 12.9. The van der Waals surface area contributed by atoms with Gasteiger partial charge >= 0.3 is 0 Å². The summed E-state index contributed by atoms with van der Waals surface area (Å²) in [5.41, 5.74) is 2.57. The van der Waals surface area contributed by atoms with E-state index in [2.05, 4.69) is 22.8 Å². The molecule has 2 atom stereocenters. The van der Waals surface area contributed by atoms with Gasteiger partial charge in [-0.2, -0.15) is 0 Å². The van der Waals surface area contributed by atoms with Crippen molar-refractivity contribution < 1.29 is 9.53 Å². The molecule has 1 amide bonds. The zero-order chi connectivity index (χ0) is 19.1. The molecule has 2 aromatic rings. The maximum atomic E-state index is 12.9. The molecule has 1 saturated carbocycles. The molecular formula is C22H27N3O2S. The van der Waals surface area contributed by atoms with Crippen LogP contribution in [-0.4, -0.2) is 31.1 Å². The zero-order valence-corrected chi connectivity index (χ0v) is 17.1. The number of rotatable bonds is 4. The van der Waals surface area contributed by atoms with Gasteiger partial charge < -0.3 is 15.4 Å². The molecule has 0 bridgehead atoms. The summed E-state index contributed by atoms with van der Waals surface area (Å²) in [5.74, 6) is 1.33. The minimum Gasteiger partial charge on any atom is -0.497 e. The number of fused-ring (bicyclic) bond motifs is 1. The number of methoxy groups -OCH3 is 1. The van der Waals surface area contributed by atoms with Crippen LogP contribution < -0.4 is 15.4 Å². The summed E-state index contributed by atoms with van der Waals surface area (Å²) >= 11 is 1.73. The lowest BCUT2D eigenvalue weighted by Gasteiger charge is -2.25. The number of nitrogens with zero attached hydrogens (tertiary/aromatic N) is 1. The van der Waals surface area contributed by atoms with E-state index >= 15 is 0 Å². The highest BCUT2D eigenvalue weighted by Crippen LogP contribution is 2.58. The molecule has 5 nitrogen and oxygen atoms in total. The third-order valence-corrected chi connectivity index (χ3v) is 7.97. The fourth-order valence-electron chi connectivity index (χ4n) is 4.88. The third-order valence-electron chi connectivity index (χ3n) is 6.71. The second kappa shape index (κ2) is 7.16. The molecule has 2 N–H and O–H groups in total. The number of amides is 1. The number of hydrogen-bond donors (Lipinski definition) is 2. The van der Waals surface area contributed by atoms with Gasteiger partial charge in [0.25, 0.3) is 0 Å². The summed E-state index contributed by atoms with van der Waals surface area (Å²) in [5, 5.41) is 7.83. The Labute approximate surface area is 169 Å². The summed E-state index contributed by atoms with van der Waals surface area (Å²) in [6.07, 6.45) is 6.47. The number of ether oxygens (including phenoxy) is 1. The van der Waals surface area contributed by atoms with Gasteiger partial charge in [0, 0.05) is 11.5 Å². The number of benzene rings is 1. The molecule has 1 aliphatic heterocycles. The molecule has 0 radical (unpaired) electrons. The lowest BCUT2D eigenvalue weighted by Crippen LogP contribution is -2.35. The lowest BCUT2D eigenvalue weighted by atomic mass is 9.91. The summed E-state index contributed by atoms with van der Waals surface area (Å²) in [7, 11) is 1.68. The Bertz CT molecular complexity index is 870. The van der Waals surface area contributed by atoms with Crippen LogP contribution in [0, 0.1) is 11.3 Å². The molecule has 1 aromatic carbocycles. The van der Waals surface area contributed by atoms with Crippen LogP contribution in [0.3, 0.4) is 0 Å². The SMILES string of the molecule is COc1ccc(-c2nc3c(s2)C(NC(=O)C2CC24CCNCC4)CCC3)cc1. The van der Waals surface area contributed by atoms with Gasteiger partial charge in [0.05, 0.1) is 23.7 Å². The number of thiazole rings is 1. The van der Waals surface area contributed by atoms with Gasteiger partial charge in [-0.25, -0.2) is 4.98 Å². The van der Waals surface area contributed by atoms with Crippen LogP contribution in [0.2, 0.25) is 0 Å². The topological polar surface area (TPSA) is 63.2 Å². The van der Waals surface area contributed by atoms with E-state index in [0.29, 0.717) is 0 Å². The normalized spacial score (nSPS) is 25.2. The minimum atomic E-state index is 0.125. The van der Waals surface area contributed by atoms with Crippen molar-refractivity contribution in [3.05, 3.63) is 34.8 Å². The number of aryl methyl sites for hydroxylation is 1. The van der Waals surface area contributed by atoms with E-state index in [4.69, 9.17) is 9.72 Å².